The predicted octanol–water partition coefficient (Wildman–Crippen LogP) is 5.04. The van der Waals surface area contributed by atoms with E-state index in [0.29, 0.717) is 0 Å². The van der Waals surface area contributed by atoms with Crippen molar-refractivity contribution < 1.29 is 0 Å². The lowest BCUT2D eigenvalue weighted by atomic mass is 9.94. The van der Waals surface area contributed by atoms with Gasteiger partial charge < -0.3 is 0 Å². The zero-order valence-electron chi connectivity index (χ0n) is 9.84. The third-order valence-corrected chi connectivity index (χ3v) is 3.28. The predicted molar refractivity (Wildman–Crippen MR) is 73.8 cm³/mol. The highest BCUT2D eigenvalue weighted by atomic mass is 79.9. The molecule has 0 N–H and O–H groups in total. The summed E-state index contributed by atoms with van der Waals surface area (Å²) in [4.78, 5) is 0. The molecule has 2 aromatic carbocycles. The number of rotatable bonds is 1. The first-order valence-corrected chi connectivity index (χ1v) is 6.21. The summed E-state index contributed by atoms with van der Waals surface area (Å²) in [6, 6.07) is 13.0. The molecule has 0 fully saturated rings. The number of halogens is 1. The van der Waals surface area contributed by atoms with Crippen LogP contribution in [0, 0.1) is 20.8 Å². The number of aryl methyl sites for hydroxylation is 3. The van der Waals surface area contributed by atoms with Crippen molar-refractivity contribution in [3.63, 3.8) is 0 Å². The van der Waals surface area contributed by atoms with Gasteiger partial charge in [0.15, 0.2) is 0 Å². The fraction of sp³-hybridized carbons (Fsp3) is 0.200. The quantitative estimate of drug-likeness (QED) is 0.683. The second kappa shape index (κ2) is 4.42. The molecule has 0 aliphatic heterocycles. The standard InChI is InChI=1S/C15H15Br/c1-10-7-11(2)15(12(3)8-10)13-5-4-6-14(16)9-13/h4-9H,1-3H3. The molecule has 82 valence electrons. The molecule has 0 saturated carbocycles. The highest BCUT2D eigenvalue weighted by Gasteiger charge is 2.06. The van der Waals surface area contributed by atoms with Gasteiger partial charge in [0.05, 0.1) is 0 Å². The number of hydrogen-bond donors (Lipinski definition) is 0. The Hall–Kier alpha value is -1.08. The van der Waals surface area contributed by atoms with Gasteiger partial charge in [0.25, 0.3) is 0 Å². The highest BCUT2D eigenvalue weighted by molar-refractivity contribution is 9.10. The van der Waals surface area contributed by atoms with Crippen LogP contribution in [0.5, 0.6) is 0 Å². The van der Waals surface area contributed by atoms with E-state index in [1.165, 1.54) is 27.8 Å². The summed E-state index contributed by atoms with van der Waals surface area (Å²) in [5.41, 5.74) is 6.65. The van der Waals surface area contributed by atoms with E-state index in [4.69, 9.17) is 0 Å². The molecule has 0 heterocycles. The van der Waals surface area contributed by atoms with E-state index >= 15 is 0 Å². The Labute approximate surface area is 105 Å². The average molecular weight is 275 g/mol. The highest BCUT2D eigenvalue weighted by Crippen LogP contribution is 2.29. The van der Waals surface area contributed by atoms with Gasteiger partial charge in [-0.2, -0.15) is 0 Å². The van der Waals surface area contributed by atoms with Crippen LogP contribution in [0.15, 0.2) is 40.9 Å². The van der Waals surface area contributed by atoms with E-state index in [1.807, 2.05) is 0 Å². The fourth-order valence-corrected chi connectivity index (χ4v) is 2.68. The Morgan fingerprint density at radius 2 is 1.50 bits per heavy atom. The SMILES string of the molecule is Cc1cc(C)c(-c2cccc(Br)c2)c(C)c1. The van der Waals surface area contributed by atoms with E-state index in [2.05, 4.69) is 73.1 Å². The Kier molecular flexibility index (Phi) is 3.15. The third-order valence-electron chi connectivity index (χ3n) is 2.79. The Morgan fingerprint density at radius 1 is 0.875 bits per heavy atom. The van der Waals surface area contributed by atoms with Crippen LogP contribution in [0.2, 0.25) is 0 Å². The zero-order valence-corrected chi connectivity index (χ0v) is 11.4. The van der Waals surface area contributed by atoms with Crippen LogP contribution in [0.1, 0.15) is 16.7 Å². The van der Waals surface area contributed by atoms with Crippen LogP contribution >= 0.6 is 15.9 Å². The average Bonchev–Trinajstić information content (AvgIpc) is 2.15. The minimum atomic E-state index is 1.13. The number of hydrogen-bond acceptors (Lipinski definition) is 0. The lowest BCUT2D eigenvalue weighted by Crippen LogP contribution is -1.89. The first-order chi connectivity index (χ1) is 7.58. The maximum atomic E-state index is 3.52. The van der Waals surface area contributed by atoms with Crippen LogP contribution in [-0.2, 0) is 0 Å². The second-order valence-corrected chi connectivity index (χ2v) is 5.20. The van der Waals surface area contributed by atoms with Gasteiger partial charge in [-0.25, -0.2) is 0 Å². The summed E-state index contributed by atoms with van der Waals surface area (Å²) < 4.78 is 1.13. The maximum absolute atomic E-state index is 3.52. The molecule has 1 heteroatoms. The Bertz CT molecular complexity index is 504. The molecule has 0 aromatic heterocycles. The smallest absolute Gasteiger partial charge is 0.0181 e. The van der Waals surface area contributed by atoms with E-state index in [-0.39, 0.29) is 0 Å². The molecular weight excluding hydrogens is 260 g/mol. The van der Waals surface area contributed by atoms with Gasteiger partial charge in [0.1, 0.15) is 0 Å². The van der Waals surface area contributed by atoms with Gasteiger partial charge in [0, 0.05) is 4.47 Å². The van der Waals surface area contributed by atoms with Gasteiger partial charge >= 0.3 is 0 Å². The van der Waals surface area contributed by atoms with Crippen molar-refractivity contribution >= 4 is 15.9 Å². The molecule has 2 aromatic rings. The summed E-state index contributed by atoms with van der Waals surface area (Å²) in [5, 5.41) is 0. The van der Waals surface area contributed by atoms with Gasteiger partial charge in [-0.15, -0.1) is 0 Å². The van der Waals surface area contributed by atoms with E-state index in [0.717, 1.165) is 4.47 Å². The topological polar surface area (TPSA) is 0 Å². The number of benzene rings is 2. The van der Waals surface area contributed by atoms with Crippen LogP contribution < -0.4 is 0 Å². The minimum Gasteiger partial charge on any atom is -0.0605 e. The van der Waals surface area contributed by atoms with Crippen molar-refractivity contribution in [2.75, 3.05) is 0 Å². The van der Waals surface area contributed by atoms with Crippen molar-refractivity contribution in [2.24, 2.45) is 0 Å². The summed E-state index contributed by atoms with van der Waals surface area (Å²) in [6.07, 6.45) is 0. The fourth-order valence-electron chi connectivity index (χ4n) is 2.28. The summed E-state index contributed by atoms with van der Waals surface area (Å²) in [5.74, 6) is 0. The molecule has 0 saturated heterocycles. The molecule has 0 aliphatic carbocycles. The van der Waals surface area contributed by atoms with E-state index in [9.17, 15) is 0 Å². The van der Waals surface area contributed by atoms with Crippen molar-refractivity contribution in [3.8, 4) is 11.1 Å². The Balaban J connectivity index is 2.64. The van der Waals surface area contributed by atoms with Gasteiger partial charge in [0.2, 0.25) is 0 Å². The van der Waals surface area contributed by atoms with Gasteiger partial charge in [-0.3, -0.25) is 0 Å². The molecule has 0 nitrogen and oxygen atoms in total. The Morgan fingerprint density at radius 3 is 2.06 bits per heavy atom. The third kappa shape index (κ3) is 2.19. The van der Waals surface area contributed by atoms with E-state index < -0.39 is 0 Å². The van der Waals surface area contributed by atoms with Crippen LogP contribution in [0.4, 0.5) is 0 Å². The van der Waals surface area contributed by atoms with Gasteiger partial charge in [-0.1, -0.05) is 45.8 Å². The van der Waals surface area contributed by atoms with Crippen molar-refractivity contribution in [2.45, 2.75) is 20.8 Å². The summed E-state index contributed by atoms with van der Waals surface area (Å²) in [7, 11) is 0. The maximum Gasteiger partial charge on any atom is 0.0181 e. The van der Waals surface area contributed by atoms with Crippen molar-refractivity contribution in [3.05, 3.63) is 57.6 Å². The van der Waals surface area contributed by atoms with Crippen molar-refractivity contribution in [1.82, 2.24) is 0 Å². The van der Waals surface area contributed by atoms with Crippen LogP contribution in [0.3, 0.4) is 0 Å². The monoisotopic (exact) mass is 274 g/mol. The molecule has 2 rings (SSSR count). The lowest BCUT2D eigenvalue weighted by Gasteiger charge is -2.11. The molecule has 0 aliphatic rings. The normalized spacial score (nSPS) is 10.5. The second-order valence-electron chi connectivity index (χ2n) is 4.28. The molecule has 16 heavy (non-hydrogen) atoms. The van der Waals surface area contributed by atoms with Gasteiger partial charge in [-0.05, 0) is 55.2 Å². The first kappa shape index (κ1) is 11.4. The van der Waals surface area contributed by atoms with E-state index in [1.54, 1.807) is 0 Å². The van der Waals surface area contributed by atoms with Crippen LogP contribution in [-0.4, -0.2) is 0 Å². The lowest BCUT2D eigenvalue weighted by molar-refractivity contribution is 1.32. The molecule has 0 atom stereocenters. The molecule has 0 radical (unpaired) electrons. The summed E-state index contributed by atoms with van der Waals surface area (Å²) in [6.45, 7) is 6.50. The molecule has 0 spiro atoms. The molecular formula is C15H15Br. The molecule has 0 amide bonds. The largest absolute Gasteiger partial charge is 0.0605 e. The molecule has 0 bridgehead atoms. The van der Waals surface area contributed by atoms with Crippen LogP contribution in [0.25, 0.3) is 11.1 Å². The minimum absolute atomic E-state index is 1.13. The van der Waals surface area contributed by atoms with Crippen molar-refractivity contribution in [1.29, 1.82) is 0 Å². The molecule has 0 unspecified atom stereocenters. The summed E-state index contributed by atoms with van der Waals surface area (Å²) >= 11 is 3.52. The zero-order chi connectivity index (χ0) is 11.7. The first-order valence-electron chi connectivity index (χ1n) is 5.42.